The summed E-state index contributed by atoms with van der Waals surface area (Å²) in [5, 5.41) is 8.89. The Morgan fingerprint density at radius 3 is 2.61 bits per heavy atom. The second-order valence-corrected chi connectivity index (χ2v) is 5.70. The number of ether oxygens (including phenoxy) is 1. The van der Waals surface area contributed by atoms with Gasteiger partial charge in [0.1, 0.15) is 0 Å². The molecule has 0 unspecified atom stereocenters. The molecule has 2 aliphatic rings. The second-order valence-electron chi connectivity index (χ2n) is 5.70. The predicted molar refractivity (Wildman–Crippen MR) is 67.8 cm³/mol. The number of nitriles is 1. The SMILES string of the molecule is CCC1(CC#N)CCN(C(=O)OCC2CC2)CC1. The first-order valence-electron chi connectivity index (χ1n) is 6.98. The van der Waals surface area contributed by atoms with Gasteiger partial charge in [-0.2, -0.15) is 5.26 Å². The number of nitrogens with zero attached hydrogens (tertiary/aromatic N) is 2. The van der Waals surface area contributed by atoms with Crippen molar-refractivity contribution in [1.29, 1.82) is 5.26 Å². The zero-order valence-corrected chi connectivity index (χ0v) is 11.2. The van der Waals surface area contributed by atoms with Crippen molar-refractivity contribution in [1.82, 2.24) is 4.90 Å². The summed E-state index contributed by atoms with van der Waals surface area (Å²) in [6.07, 6.45) is 5.72. The molecule has 2 fully saturated rings. The Kier molecular flexibility index (Phi) is 4.11. The number of piperidine rings is 1. The lowest BCUT2D eigenvalue weighted by molar-refractivity contribution is 0.0625. The molecule has 0 radical (unpaired) electrons. The molecule has 4 heteroatoms. The molecule has 100 valence electrons. The van der Waals surface area contributed by atoms with Gasteiger partial charge in [-0.25, -0.2) is 4.79 Å². The minimum atomic E-state index is -0.163. The quantitative estimate of drug-likeness (QED) is 0.770. The number of likely N-dealkylation sites (tertiary alicyclic amines) is 1. The molecule has 1 amide bonds. The van der Waals surface area contributed by atoms with Gasteiger partial charge in [-0.3, -0.25) is 0 Å². The van der Waals surface area contributed by atoms with E-state index in [4.69, 9.17) is 10.00 Å². The van der Waals surface area contributed by atoms with Gasteiger partial charge in [-0.15, -0.1) is 0 Å². The van der Waals surface area contributed by atoms with Crippen LogP contribution in [0.5, 0.6) is 0 Å². The van der Waals surface area contributed by atoms with Crippen molar-refractivity contribution < 1.29 is 9.53 Å². The molecule has 4 nitrogen and oxygen atoms in total. The maximum atomic E-state index is 11.8. The Labute approximate surface area is 109 Å². The molecule has 0 atom stereocenters. The van der Waals surface area contributed by atoms with Crippen LogP contribution in [0.15, 0.2) is 0 Å². The zero-order valence-electron chi connectivity index (χ0n) is 11.2. The van der Waals surface area contributed by atoms with Gasteiger partial charge in [-0.05, 0) is 43.4 Å². The Morgan fingerprint density at radius 1 is 1.44 bits per heavy atom. The molecule has 0 aromatic rings. The summed E-state index contributed by atoms with van der Waals surface area (Å²) in [5.74, 6) is 0.618. The van der Waals surface area contributed by atoms with E-state index >= 15 is 0 Å². The van der Waals surface area contributed by atoms with Crippen molar-refractivity contribution in [2.24, 2.45) is 11.3 Å². The van der Waals surface area contributed by atoms with E-state index in [0.717, 1.165) is 32.4 Å². The molecule has 18 heavy (non-hydrogen) atoms. The van der Waals surface area contributed by atoms with Crippen LogP contribution in [0.3, 0.4) is 0 Å². The highest BCUT2D eigenvalue weighted by Gasteiger charge is 2.35. The molecule has 1 saturated carbocycles. The average Bonchev–Trinajstić information content (AvgIpc) is 3.21. The van der Waals surface area contributed by atoms with Crippen molar-refractivity contribution in [2.75, 3.05) is 19.7 Å². The van der Waals surface area contributed by atoms with Crippen LogP contribution < -0.4 is 0 Å². The number of rotatable bonds is 4. The molecular weight excluding hydrogens is 228 g/mol. The predicted octanol–water partition coefficient (Wildman–Crippen LogP) is 2.94. The van der Waals surface area contributed by atoms with E-state index in [1.807, 2.05) is 0 Å². The van der Waals surface area contributed by atoms with Gasteiger partial charge in [0.25, 0.3) is 0 Å². The number of carbonyl (C=O) groups is 1. The van der Waals surface area contributed by atoms with Crippen molar-refractivity contribution in [3.63, 3.8) is 0 Å². The van der Waals surface area contributed by atoms with Crippen LogP contribution in [-0.4, -0.2) is 30.7 Å². The lowest BCUT2D eigenvalue weighted by Crippen LogP contribution is -2.43. The van der Waals surface area contributed by atoms with E-state index in [1.165, 1.54) is 12.8 Å². The van der Waals surface area contributed by atoms with Crippen molar-refractivity contribution in [2.45, 2.75) is 45.4 Å². The van der Waals surface area contributed by atoms with Crippen molar-refractivity contribution in [3.05, 3.63) is 0 Å². The molecule has 0 aromatic heterocycles. The highest BCUT2D eigenvalue weighted by molar-refractivity contribution is 5.67. The molecule has 1 aliphatic carbocycles. The fraction of sp³-hybridized carbons (Fsp3) is 0.857. The Hall–Kier alpha value is -1.24. The highest BCUT2D eigenvalue weighted by Crippen LogP contribution is 2.38. The van der Waals surface area contributed by atoms with Gasteiger partial charge in [0, 0.05) is 19.5 Å². The highest BCUT2D eigenvalue weighted by atomic mass is 16.6. The molecule has 2 rings (SSSR count). The smallest absolute Gasteiger partial charge is 0.409 e. The Morgan fingerprint density at radius 2 is 2.11 bits per heavy atom. The van der Waals surface area contributed by atoms with Crippen LogP contribution in [0.2, 0.25) is 0 Å². The molecule has 1 heterocycles. The van der Waals surface area contributed by atoms with Crippen LogP contribution in [0.4, 0.5) is 4.79 Å². The summed E-state index contributed by atoms with van der Waals surface area (Å²) in [4.78, 5) is 13.6. The molecule has 0 aromatic carbocycles. The van der Waals surface area contributed by atoms with Crippen LogP contribution in [0.25, 0.3) is 0 Å². The van der Waals surface area contributed by atoms with Crippen LogP contribution in [-0.2, 0) is 4.74 Å². The third-order valence-electron chi connectivity index (χ3n) is 4.43. The second kappa shape index (κ2) is 5.60. The van der Waals surface area contributed by atoms with Crippen LogP contribution >= 0.6 is 0 Å². The summed E-state index contributed by atoms with van der Waals surface area (Å²) in [5.41, 5.74) is 0.127. The molecular formula is C14H22N2O2. The zero-order chi connectivity index (χ0) is 13.0. The van der Waals surface area contributed by atoms with Gasteiger partial charge in [0.2, 0.25) is 0 Å². The Bertz CT molecular complexity index is 336. The van der Waals surface area contributed by atoms with Crippen molar-refractivity contribution >= 4 is 6.09 Å². The summed E-state index contributed by atoms with van der Waals surface area (Å²) in [7, 11) is 0. The van der Waals surface area contributed by atoms with Gasteiger partial charge in [0.05, 0.1) is 12.7 Å². The maximum Gasteiger partial charge on any atom is 0.409 e. The van der Waals surface area contributed by atoms with Gasteiger partial charge in [-0.1, -0.05) is 6.92 Å². The summed E-state index contributed by atoms with van der Waals surface area (Å²) in [6, 6.07) is 2.29. The fourth-order valence-corrected chi connectivity index (χ4v) is 2.55. The van der Waals surface area contributed by atoms with Crippen LogP contribution in [0, 0.1) is 22.7 Å². The summed E-state index contributed by atoms with van der Waals surface area (Å²) < 4.78 is 5.29. The van der Waals surface area contributed by atoms with E-state index in [-0.39, 0.29) is 11.5 Å². The van der Waals surface area contributed by atoms with E-state index < -0.39 is 0 Å². The number of carbonyl (C=O) groups excluding carboxylic acids is 1. The summed E-state index contributed by atoms with van der Waals surface area (Å²) in [6.45, 7) is 4.20. The normalized spacial score (nSPS) is 22.3. The summed E-state index contributed by atoms with van der Waals surface area (Å²) >= 11 is 0. The van der Waals surface area contributed by atoms with Gasteiger partial charge >= 0.3 is 6.09 Å². The lowest BCUT2D eigenvalue weighted by Gasteiger charge is -2.39. The fourth-order valence-electron chi connectivity index (χ4n) is 2.55. The molecule has 0 spiro atoms. The van der Waals surface area contributed by atoms with E-state index in [9.17, 15) is 4.79 Å². The van der Waals surface area contributed by atoms with E-state index in [2.05, 4.69) is 13.0 Å². The largest absolute Gasteiger partial charge is 0.449 e. The van der Waals surface area contributed by atoms with Gasteiger partial charge in [0.15, 0.2) is 0 Å². The first-order chi connectivity index (χ1) is 8.69. The standard InChI is InChI=1S/C14H22N2O2/c1-2-14(5-8-15)6-9-16(10-7-14)13(17)18-11-12-3-4-12/h12H,2-7,9-11H2,1H3. The maximum absolute atomic E-state index is 11.8. The molecule has 1 aliphatic heterocycles. The monoisotopic (exact) mass is 250 g/mol. The first-order valence-corrected chi connectivity index (χ1v) is 6.98. The van der Waals surface area contributed by atoms with E-state index in [1.54, 1.807) is 4.90 Å². The molecule has 0 bridgehead atoms. The number of amides is 1. The molecule has 0 N–H and O–H groups in total. The minimum absolute atomic E-state index is 0.127. The average molecular weight is 250 g/mol. The van der Waals surface area contributed by atoms with Crippen LogP contribution in [0.1, 0.15) is 45.4 Å². The number of hydrogen-bond acceptors (Lipinski definition) is 3. The number of hydrogen-bond donors (Lipinski definition) is 0. The first kappa shape index (κ1) is 13.2. The van der Waals surface area contributed by atoms with E-state index in [0.29, 0.717) is 18.9 Å². The Balaban J connectivity index is 1.77. The van der Waals surface area contributed by atoms with Crippen molar-refractivity contribution in [3.8, 4) is 6.07 Å². The lowest BCUT2D eigenvalue weighted by atomic mass is 9.74. The van der Waals surface area contributed by atoms with Gasteiger partial charge < -0.3 is 9.64 Å². The topological polar surface area (TPSA) is 53.3 Å². The molecule has 1 saturated heterocycles. The third-order valence-corrected chi connectivity index (χ3v) is 4.43. The minimum Gasteiger partial charge on any atom is -0.449 e. The third kappa shape index (κ3) is 3.16.